The number of aromatic carboxylic acids is 1. The van der Waals surface area contributed by atoms with Gasteiger partial charge in [-0.15, -0.1) is 12.6 Å². The van der Waals surface area contributed by atoms with Crippen molar-refractivity contribution in [1.82, 2.24) is 9.97 Å². The van der Waals surface area contributed by atoms with Crippen molar-refractivity contribution in [2.75, 3.05) is 6.61 Å². The minimum atomic E-state index is -1.13. The topological polar surface area (TPSA) is 98.3 Å². The van der Waals surface area contributed by atoms with Gasteiger partial charge < -0.3 is 15.6 Å². The Bertz CT molecular complexity index is 377. The van der Waals surface area contributed by atoms with E-state index < -0.39 is 5.97 Å². The Morgan fingerprint density at radius 2 is 2.33 bits per heavy atom. The molecule has 6 nitrogen and oxygen atoms in total. The Labute approximate surface area is 91.2 Å². The lowest BCUT2D eigenvalue weighted by Gasteiger charge is -2.03. The molecule has 0 aliphatic rings. The van der Waals surface area contributed by atoms with Gasteiger partial charge in [-0.1, -0.05) is 0 Å². The molecule has 0 fully saturated rings. The molecule has 80 valence electrons. The fourth-order valence-corrected chi connectivity index (χ4v) is 0.762. The van der Waals surface area contributed by atoms with Gasteiger partial charge in [0.2, 0.25) is 5.88 Å². The molecule has 1 heterocycles. The first-order chi connectivity index (χ1) is 7.13. The number of carboxylic acid groups (broad SMARTS) is 1. The maximum atomic E-state index is 10.4. The largest absolute Gasteiger partial charge is 0.476 e. The zero-order chi connectivity index (χ0) is 11.3. The van der Waals surface area contributed by atoms with E-state index in [9.17, 15) is 4.79 Å². The molecule has 7 heteroatoms. The van der Waals surface area contributed by atoms with Crippen LogP contribution in [0.15, 0.2) is 23.5 Å². The molecular formula is C8H9N3O3S. The second kappa shape index (κ2) is 5.20. The van der Waals surface area contributed by atoms with Gasteiger partial charge in [-0.05, 0) is 0 Å². The van der Waals surface area contributed by atoms with E-state index in [1.54, 1.807) is 0 Å². The number of carboxylic acids is 1. The SMILES string of the molecule is N/C=C(\S)COc1cnc(C(=O)O)cn1. The number of nitrogens with zero attached hydrogens (tertiary/aromatic N) is 2. The van der Waals surface area contributed by atoms with Crippen LogP contribution in [0.4, 0.5) is 0 Å². The third kappa shape index (κ3) is 3.47. The number of ether oxygens (including phenoxy) is 1. The van der Waals surface area contributed by atoms with Gasteiger partial charge >= 0.3 is 5.97 Å². The predicted octanol–water partition coefficient (Wildman–Crippen LogP) is 0.283. The summed E-state index contributed by atoms with van der Waals surface area (Å²) in [6.45, 7) is 0.167. The number of nitrogens with two attached hydrogens (primary N) is 1. The molecule has 0 atom stereocenters. The highest BCUT2D eigenvalue weighted by atomic mass is 32.1. The van der Waals surface area contributed by atoms with Crippen LogP contribution in [0.5, 0.6) is 5.88 Å². The average molecular weight is 227 g/mol. The standard InChI is InChI=1S/C8H9N3O3S/c9-1-5(15)4-14-7-3-10-6(2-11-7)8(12)13/h1-3,15H,4,9H2,(H,12,13)/b5-1-. The number of thiol groups is 1. The third-order valence-electron chi connectivity index (χ3n) is 1.41. The molecular weight excluding hydrogens is 218 g/mol. The van der Waals surface area contributed by atoms with Crippen LogP contribution in [-0.4, -0.2) is 27.7 Å². The van der Waals surface area contributed by atoms with Crippen molar-refractivity contribution in [1.29, 1.82) is 0 Å². The molecule has 0 aromatic carbocycles. The zero-order valence-electron chi connectivity index (χ0n) is 7.62. The van der Waals surface area contributed by atoms with Crippen molar-refractivity contribution in [3.63, 3.8) is 0 Å². The maximum Gasteiger partial charge on any atom is 0.356 e. The van der Waals surface area contributed by atoms with Crippen molar-refractivity contribution in [3.05, 3.63) is 29.2 Å². The summed E-state index contributed by atoms with van der Waals surface area (Å²) in [5.41, 5.74) is 5.03. The Hall–Kier alpha value is -1.76. The van der Waals surface area contributed by atoms with Gasteiger partial charge in [0.1, 0.15) is 6.61 Å². The van der Waals surface area contributed by atoms with Crippen molar-refractivity contribution in [2.24, 2.45) is 5.73 Å². The summed E-state index contributed by atoms with van der Waals surface area (Å²) in [4.78, 5) is 18.3. The number of hydrogen-bond acceptors (Lipinski definition) is 6. The molecule has 0 radical (unpaired) electrons. The van der Waals surface area contributed by atoms with Crippen LogP contribution in [0.1, 0.15) is 10.5 Å². The summed E-state index contributed by atoms with van der Waals surface area (Å²) < 4.78 is 5.10. The molecule has 3 N–H and O–H groups in total. The lowest BCUT2D eigenvalue weighted by Crippen LogP contribution is -2.04. The summed E-state index contributed by atoms with van der Waals surface area (Å²) in [6.07, 6.45) is 3.63. The van der Waals surface area contributed by atoms with E-state index >= 15 is 0 Å². The second-order valence-corrected chi connectivity index (χ2v) is 3.07. The number of carbonyl (C=O) groups is 1. The van der Waals surface area contributed by atoms with Gasteiger partial charge in [0.15, 0.2) is 5.69 Å². The van der Waals surface area contributed by atoms with Gasteiger partial charge in [0.25, 0.3) is 0 Å². The van der Waals surface area contributed by atoms with Crippen molar-refractivity contribution in [2.45, 2.75) is 0 Å². The van der Waals surface area contributed by atoms with E-state index in [2.05, 4.69) is 22.6 Å². The monoisotopic (exact) mass is 227 g/mol. The van der Waals surface area contributed by atoms with Gasteiger partial charge in [-0.25, -0.2) is 14.8 Å². The molecule has 0 amide bonds. The van der Waals surface area contributed by atoms with Gasteiger partial charge in [0.05, 0.1) is 12.4 Å². The van der Waals surface area contributed by atoms with E-state index in [1.807, 2.05) is 0 Å². The van der Waals surface area contributed by atoms with E-state index in [4.69, 9.17) is 15.6 Å². The normalized spacial score (nSPS) is 11.1. The highest BCUT2D eigenvalue weighted by molar-refractivity contribution is 7.84. The fraction of sp³-hybridized carbons (Fsp3) is 0.125. The van der Waals surface area contributed by atoms with E-state index in [0.717, 1.165) is 6.20 Å². The summed E-state index contributed by atoms with van der Waals surface area (Å²) in [5.74, 6) is -0.917. The van der Waals surface area contributed by atoms with Gasteiger partial charge in [-0.2, -0.15) is 0 Å². The highest BCUT2D eigenvalue weighted by Crippen LogP contribution is 2.07. The first-order valence-electron chi connectivity index (χ1n) is 3.91. The summed E-state index contributed by atoms with van der Waals surface area (Å²) >= 11 is 3.98. The molecule has 0 spiro atoms. The summed E-state index contributed by atoms with van der Waals surface area (Å²) in [5, 5.41) is 8.55. The first kappa shape index (κ1) is 11.3. The highest BCUT2D eigenvalue weighted by Gasteiger charge is 2.05. The molecule has 0 bridgehead atoms. The fourth-order valence-electron chi connectivity index (χ4n) is 0.697. The molecule has 15 heavy (non-hydrogen) atoms. The van der Waals surface area contributed by atoms with Crippen LogP contribution in [0.2, 0.25) is 0 Å². The number of hydrogen-bond donors (Lipinski definition) is 3. The lowest BCUT2D eigenvalue weighted by molar-refractivity contribution is 0.0690. The Kier molecular flexibility index (Phi) is 3.92. The zero-order valence-corrected chi connectivity index (χ0v) is 8.52. The van der Waals surface area contributed by atoms with E-state index in [-0.39, 0.29) is 18.2 Å². The van der Waals surface area contributed by atoms with Gasteiger partial charge in [-0.3, -0.25) is 0 Å². The quantitative estimate of drug-likeness (QED) is 0.639. The molecule has 0 saturated carbocycles. The van der Waals surface area contributed by atoms with Crippen LogP contribution in [0.3, 0.4) is 0 Å². The minimum Gasteiger partial charge on any atom is -0.476 e. The van der Waals surface area contributed by atoms with Crippen molar-refractivity contribution >= 4 is 18.6 Å². The number of aromatic nitrogens is 2. The lowest BCUT2D eigenvalue weighted by atomic mass is 10.5. The number of rotatable bonds is 4. The van der Waals surface area contributed by atoms with Crippen molar-refractivity contribution < 1.29 is 14.6 Å². The first-order valence-corrected chi connectivity index (χ1v) is 4.36. The smallest absolute Gasteiger partial charge is 0.356 e. The van der Waals surface area contributed by atoms with Gasteiger partial charge in [0, 0.05) is 11.1 Å². The van der Waals surface area contributed by atoms with Crippen LogP contribution in [0, 0.1) is 0 Å². The Balaban J connectivity index is 2.61. The Morgan fingerprint density at radius 3 is 2.80 bits per heavy atom. The molecule has 1 aromatic rings. The third-order valence-corrected chi connectivity index (χ3v) is 1.69. The molecule has 0 aliphatic heterocycles. The average Bonchev–Trinajstić information content (AvgIpc) is 2.26. The van der Waals surface area contributed by atoms with E-state index in [0.29, 0.717) is 4.91 Å². The van der Waals surface area contributed by atoms with Crippen molar-refractivity contribution in [3.8, 4) is 5.88 Å². The van der Waals surface area contributed by atoms with E-state index in [1.165, 1.54) is 12.4 Å². The molecule has 0 aliphatic carbocycles. The van der Waals surface area contributed by atoms with Crippen LogP contribution >= 0.6 is 12.6 Å². The predicted molar refractivity (Wildman–Crippen MR) is 55.7 cm³/mol. The molecule has 1 aromatic heterocycles. The second-order valence-electron chi connectivity index (χ2n) is 2.49. The van der Waals surface area contributed by atoms with Crippen LogP contribution < -0.4 is 10.5 Å². The molecule has 1 rings (SSSR count). The molecule has 0 unspecified atom stereocenters. The maximum absolute atomic E-state index is 10.4. The van der Waals surface area contributed by atoms with Crippen LogP contribution in [0.25, 0.3) is 0 Å². The molecule has 0 saturated heterocycles. The summed E-state index contributed by atoms with van der Waals surface area (Å²) in [6, 6.07) is 0. The summed E-state index contributed by atoms with van der Waals surface area (Å²) in [7, 11) is 0. The Morgan fingerprint density at radius 1 is 1.60 bits per heavy atom. The van der Waals surface area contributed by atoms with Crippen LogP contribution in [-0.2, 0) is 0 Å². The minimum absolute atomic E-state index is 0.136.